The van der Waals surface area contributed by atoms with E-state index in [4.69, 9.17) is 0 Å². The van der Waals surface area contributed by atoms with Crippen molar-refractivity contribution in [3.05, 3.63) is 24.8 Å². The maximum Gasteiger partial charge on any atom is 0.255 e. The summed E-state index contributed by atoms with van der Waals surface area (Å²) in [4.78, 5) is 12.0. The number of thioether (sulfide) groups is 1. The van der Waals surface area contributed by atoms with Gasteiger partial charge >= 0.3 is 0 Å². The van der Waals surface area contributed by atoms with Gasteiger partial charge in [0, 0.05) is 15.9 Å². The highest BCUT2D eigenvalue weighted by Crippen LogP contribution is 2.27. The second-order valence-electron chi connectivity index (χ2n) is 4.40. The van der Waals surface area contributed by atoms with Crippen molar-refractivity contribution in [2.75, 3.05) is 18.6 Å². The first-order valence-corrected chi connectivity index (χ1v) is 8.99. The van der Waals surface area contributed by atoms with Crippen molar-refractivity contribution < 1.29 is 15.0 Å². The van der Waals surface area contributed by atoms with Gasteiger partial charge in [0.15, 0.2) is 0 Å². The molecule has 1 rings (SSSR count). The number of benzene rings is 1. The number of carbonyl (C=O) groups excluding carboxylic acids is 1. The molecule has 0 bridgehead atoms. The van der Waals surface area contributed by atoms with Crippen LogP contribution in [-0.2, 0) is 0 Å². The predicted octanol–water partition coefficient (Wildman–Crippen LogP) is 2.45. The molecule has 3 N–H and O–H groups in total. The van der Waals surface area contributed by atoms with Crippen molar-refractivity contribution in [3.63, 3.8) is 0 Å². The van der Waals surface area contributed by atoms with E-state index in [-0.39, 0.29) is 23.8 Å². The molecule has 1 atom stereocenters. The number of rotatable bonds is 5. The van der Waals surface area contributed by atoms with E-state index >= 15 is 0 Å². The van der Waals surface area contributed by atoms with E-state index in [1.165, 1.54) is 11.8 Å². The Labute approximate surface area is 144 Å². The van der Waals surface area contributed by atoms with Gasteiger partial charge in [0.25, 0.3) is 5.91 Å². The van der Waals surface area contributed by atoms with Crippen LogP contribution in [0.2, 0.25) is 0 Å². The van der Waals surface area contributed by atoms with Crippen LogP contribution in [0.4, 0.5) is 0 Å². The Balaban J connectivity index is 2.80. The van der Waals surface area contributed by atoms with Crippen LogP contribution in [0.15, 0.2) is 12.1 Å². The Kier molecular flexibility index (Phi) is 6.67. The molecule has 0 saturated heterocycles. The lowest BCUT2D eigenvalue weighted by Gasteiger charge is -2.22. The van der Waals surface area contributed by atoms with Crippen molar-refractivity contribution in [1.82, 2.24) is 5.32 Å². The molecule has 0 aromatic heterocycles. The minimum absolute atomic E-state index is 0.0250. The van der Waals surface area contributed by atoms with Crippen LogP contribution in [0, 0.1) is 7.14 Å². The van der Waals surface area contributed by atoms with Crippen LogP contribution in [0.3, 0.4) is 0 Å². The van der Waals surface area contributed by atoms with E-state index in [0.29, 0.717) is 9.32 Å². The van der Waals surface area contributed by atoms with Gasteiger partial charge in [-0.05, 0) is 70.5 Å². The Hall–Kier alpha value is 0.260. The number of halogens is 2. The standard InChI is InChI=1S/C12H15I2NO3S/c1-12(18,6-19-2)5-15-11(17)8-3-7(13)4-9(14)10(8)16/h3-4,16,18H,5-6H2,1-2H3,(H,15,17). The number of aromatic hydroxyl groups is 1. The van der Waals surface area contributed by atoms with Gasteiger partial charge in [0.2, 0.25) is 0 Å². The molecular formula is C12H15I2NO3S. The Morgan fingerprint density at radius 3 is 2.68 bits per heavy atom. The summed E-state index contributed by atoms with van der Waals surface area (Å²) in [5.74, 6) is 0.127. The molecule has 1 aromatic rings. The van der Waals surface area contributed by atoms with Crippen LogP contribution in [0.1, 0.15) is 17.3 Å². The molecule has 1 aromatic carbocycles. The summed E-state index contributed by atoms with van der Waals surface area (Å²) >= 11 is 5.58. The van der Waals surface area contributed by atoms with Crippen LogP contribution < -0.4 is 5.32 Å². The minimum atomic E-state index is -0.959. The predicted molar refractivity (Wildman–Crippen MR) is 94.9 cm³/mol. The first kappa shape index (κ1) is 17.3. The molecule has 0 aliphatic carbocycles. The van der Waals surface area contributed by atoms with E-state index < -0.39 is 5.60 Å². The Morgan fingerprint density at radius 1 is 1.47 bits per heavy atom. The minimum Gasteiger partial charge on any atom is -0.506 e. The fraction of sp³-hybridized carbons (Fsp3) is 0.417. The van der Waals surface area contributed by atoms with Gasteiger partial charge in [-0.3, -0.25) is 4.79 Å². The topological polar surface area (TPSA) is 69.6 Å². The molecule has 0 spiro atoms. The molecule has 1 amide bonds. The number of aliphatic hydroxyl groups is 1. The lowest BCUT2D eigenvalue weighted by atomic mass is 10.1. The van der Waals surface area contributed by atoms with Gasteiger partial charge in [-0.25, -0.2) is 0 Å². The van der Waals surface area contributed by atoms with E-state index in [1.54, 1.807) is 19.1 Å². The van der Waals surface area contributed by atoms with E-state index in [1.807, 2.05) is 28.8 Å². The maximum atomic E-state index is 12.0. The first-order chi connectivity index (χ1) is 8.76. The fourth-order valence-corrected chi connectivity index (χ4v) is 4.04. The van der Waals surface area contributed by atoms with Gasteiger partial charge in [-0.2, -0.15) is 11.8 Å². The molecule has 0 aliphatic heterocycles. The molecule has 19 heavy (non-hydrogen) atoms. The van der Waals surface area contributed by atoms with Gasteiger partial charge in [-0.15, -0.1) is 0 Å². The highest BCUT2D eigenvalue weighted by Gasteiger charge is 2.22. The van der Waals surface area contributed by atoms with Gasteiger partial charge in [0.1, 0.15) is 5.75 Å². The SMILES string of the molecule is CSCC(C)(O)CNC(=O)c1cc(I)cc(I)c1O. The van der Waals surface area contributed by atoms with Crippen molar-refractivity contribution in [2.45, 2.75) is 12.5 Å². The van der Waals surface area contributed by atoms with Crippen LogP contribution in [-0.4, -0.2) is 40.3 Å². The number of phenolic OH excluding ortho intramolecular Hbond substituents is 1. The molecule has 0 saturated carbocycles. The van der Waals surface area contributed by atoms with E-state index in [0.717, 1.165) is 3.57 Å². The third-order valence-corrected chi connectivity index (χ3v) is 4.71. The zero-order chi connectivity index (χ0) is 14.6. The number of amides is 1. The maximum absolute atomic E-state index is 12.0. The highest BCUT2D eigenvalue weighted by atomic mass is 127. The van der Waals surface area contributed by atoms with Crippen LogP contribution >= 0.6 is 56.9 Å². The third-order valence-electron chi connectivity index (χ3n) is 2.36. The third kappa shape index (κ3) is 5.27. The Morgan fingerprint density at radius 2 is 2.11 bits per heavy atom. The largest absolute Gasteiger partial charge is 0.506 e. The highest BCUT2D eigenvalue weighted by molar-refractivity contribution is 14.1. The number of carbonyl (C=O) groups is 1. The first-order valence-electron chi connectivity index (χ1n) is 5.44. The average molecular weight is 507 g/mol. The van der Waals surface area contributed by atoms with Crippen molar-refractivity contribution >= 4 is 62.9 Å². The molecule has 7 heteroatoms. The van der Waals surface area contributed by atoms with Crippen LogP contribution in [0.5, 0.6) is 5.75 Å². The Bertz CT molecular complexity index is 480. The molecule has 0 aliphatic rings. The molecule has 4 nitrogen and oxygen atoms in total. The summed E-state index contributed by atoms with van der Waals surface area (Å²) < 4.78 is 1.51. The molecule has 0 heterocycles. The quantitative estimate of drug-likeness (QED) is 0.536. The van der Waals surface area contributed by atoms with Gasteiger partial charge in [-0.1, -0.05) is 0 Å². The second-order valence-corrected chi connectivity index (χ2v) is 7.67. The van der Waals surface area contributed by atoms with Crippen LogP contribution in [0.25, 0.3) is 0 Å². The lowest BCUT2D eigenvalue weighted by Crippen LogP contribution is -2.42. The fourth-order valence-electron chi connectivity index (χ4n) is 1.47. The number of phenols is 1. The smallest absolute Gasteiger partial charge is 0.255 e. The number of hydrogen-bond donors (Lipinski definition) is 3. The van der Waals surface area contributed by atoms with Gasteiger partial charge < -0.3 is 15.5 Å². The zero-order valence-electron chi connectivity index (χ0n) is 10.5. The van der Waals surface area contributed by atoms with E-state index in [9.17, 15) is 15.0 Å². The molecule has 0 radical (unpaired) electrons. The normalized spacial score (nSPS) is 13.9. The molecule has 106 valence electrons. The lowest BCUT2D eigenvalue weighted by molar-refractivity contribution is 0.0723. The summed E-state index contributed by atoms with van der Waals surface area (Å²) in [7, 11) is 0. The van der Waals surface area contributed by atoms with E-state index in [2.05, 4.69) is 27.9 Å². The summed E-state index contributed by atoms with van der Waals surface area (Å²) in [5, 5.41) is 22.5. The molecule has 1 unspecified atom stereocenters. The second kappa shape index (κ2) is 7.32. The summed E-state index contributed by atoms with van der Waals surface area (Å²) in [5.41, 5.74) is -0.726. The monoisotopic (exact) mass is 507 g/mol. The van der Waals surface area contributed by atoms with Crippen molar-refractivity contribution in [2.24, 2.45) is 0 Å². The summed E-state index contributed by atoms with van der Waals surface area (Å²) in [6.07, 6.45) is 1.89. The van der Waals surface area contributed by atoms with Crippen molar-refractivity contribution in [3.8, 4) is 5.75 Å². The summed E-state index contributed by atoms with van der Waals surface area (Å²) in [6, 6.07) is 3.41. The molecule has 0 fully saturated rings. The average Bonchev–Trinajstić information content (AvgIpc) is 2.31. The number of nitrogens with one attached hydrogen (secondary N) is 1. The number of hydrogen-bond acceptors (Lipinski definition) is 4. The summed E-state index contributed by atoms with van der Waals surface area (Å²) in [6.45, 7) is 1.82. The van der Waals surface area contributed by atoms with Crippen molar-refractivity contribution in [1.29, 1.82) is 0 Å². The zero-order valence-corrected chi connectivity index (χ0v) is 15.7. The molecular weight excluding hydrogens is 492 g/mol. The van der Waals surface area contributed by atoms with Gasteiger partial charge in [0.05, 0.1) is 14.7 Å².